The average molecular weight is 333 g/mol. The molecule has 1 aliphatic rings. The SMILES string of the molecule is CN1C(=O)COc2c(C(=O)Nc3cccc4cccnc34)cccc21. The quantitative estimate of drug-likeness (QED) is 0.783. The van der Waals surface area contributed by atoms with E-state index in [2.05, 4.69) is 10.3 Å². The molecule has 124 valence electrons. The van der Waals surface area contributed by atoms with Gasteiger partial charge in [0, 0.05) is 18.6 Å². The highest BCUT2D eigenvalue weighted by Crippen LogP contribution is 2.35. The number of hydrogen-bond acceptors (Lipinski definition) is 4. The fraction of sp³-hybridized carbons (Fsp3) is 0.105. The number of carbonyl (C=O) groups excluding carboxylic acids is 2. The van der Waals surface area contributed by atoms with Crippen LogP contribution in [0.3, 0.4) is 0 Å². The number of carbonyl (C=O) groups is 2. The Bertz CT molecular complexity index is 995. The van der Waals surface area contributed by atoms with Gasteiger partial charge in [-0.15, -0.1) is 0 Å². The second kappa shape index (κ2) is 5.90. The first-order valence-electron chi connectivity index (χ1n) is 7.82. The van der Waals surface area contributed by atoms with Crippen molar-refractivity contribution >= 4 is 34.1 Å². The van der Waals surface area contributed by atoms with Crippen LogP contribution in [-0.4, -0.2) is 30.5 Å². The van der Waals surface area contributed by atoms with Crippen molar-refractivity contribution < 1.29 is 14.3 Å². The van der Waals surface area contributed by atoms with Crippen LogP contribution in [0.15, 0.2) is 54.7 Å². The molecule has 2 aromatic carbocycles. The molecule has 1 N–H and O–H groups in total. The summed E-state index contributed by atoms with van der Waals surface area (Å²) in [5.74, 6) is -0.0450. The zero-order valence-electron chi connectivity index (χ0n) is 13.5. The largest absolute Gasteiger partial charge is 0.481 e. The lowest BCUT2D eigenvalue weighted by Gasteiger charge is -2.27. The maximum atomic E-state index is 12.8. The lowest BCUT2D eigenvalue weighted by Crippen LogP contribution is -2.36. The number of aromatic nitrogens is 1. The molecule has 0 bridgehead atoms. The number of amides is 2. The zero-order chi connectivity index (χ0) is 17.4. The van der Waals surface area contributed by atoms with Gasteiger partial charge in [-0.25, -0.2) is 0 Å². The van der Waals surface area contributed by atoms with Crippen molar-refractivity contribution in [3.05, 3.63) is 60.3 Å². The Hall–Kier alpha value is -3.41. The van der Waals surface area contributed by atoms with E-state index in [0.717, 1.165) is 10.9 Å². The first-order valence-corrected chi connectivity index (χ1v) is 7.82. The Kier molecular flexibility index (Phi) is 3.57. The van der Waals surface area contributed by atoms with Crippen LogP contribution in [-0.2, 0) is 4.79 Å². The van der Waals surface area contributed by atoms with E-state index < -0.39 is 0 Å². The zero-order valence-corrected chi connectivity index (χ0v) is 13.5. The Morgan fingerprint density at radius 1 is 1.16 bits per heavy atom. The minimum Gasteiger partial charge on any atom is -0.481 e. The molecule has 3 aromatic rings. The minimum atomic E-state index is -0.308. The number of fused-ring (bicyclic) bond motifs is 2. The second-order valence-corrected chi connectivity index (χ2v) is 5.73. The van der Waals surface area contributed by atoms with Gasteiger partial charge < -0.3 is 15.0 Å². The van der Waals surface area contributed by atoms with Gasteiger partial charge in [-0.3, -0.25) is 14.6 Å². The number of benzene rings is 2. The van der Waals surface area contributed by atoms with E-state index in [-0.39, 0.29) is 18.4 Å². The molecule has 0 radical (unpaired) electrons. The van der Waals surface area contributed by atoms with Gasteiger partial charge in [0.25, 0.3) is 11.8 Å². The molecule has 6 heteroatoms. The van der Waals surface area contributed by atoms with Crippen LogP contribution in [0, 0.1) is 0 Å². The molecule has 6 nitrogen and oxygen atoms in total. The fourth-order valence-electron chi connectivity index (χ4n) is 2.88. The summed E-state index contributed by atoms with van der Waals surface area (Å²) in [4.78, 5) is 30.4. The number of pyridine rings is 1. The van der Waals surface area contributed by atoms with Crippen LogP contribution < -0.4 is 15.0 Å². The molecule has 4 rings (SSSR count). The van der Waals surface area contributed by atoms with Crippen LogP contribution >= 0.6 is 0 Å². The van der Waals surface area contributed by atoms with Crippen LogP contribution in [0.2, 0.25) is 0 Å². The van der Waals surface area contributed by atoms with Gasteiger partial charge in [0.15, 0.2) is 12.4 Å². The maximum Gasteiger partial charge on any atom is 0.264 e. The van der Waals surface area contributed by atoms with E-state index in [4.69, 9.17) is 4.74 Å². The number of ether oxygens (including phenoxy) is 1. The maximum absolute atomic E-state index is 12.8. The number of para-hydroxylation sites is 2. The average Bonchev–Trinajstić information content (AvgIpc) is 2.64. The molecule has 1 aromatic heterocycles. The number of nitrogens with one attached hydrogen (secondary N) is 1. The van der Waals surface area contributed by atoms with Crippen LogP contribution in [0.5, 0.6) is 5.75 Å². The summed E-state index contributed by atoms with van der Waals surface area (Å²) in [5.41, 5.74) is 2.31. The smallest absolute Gasteiger partial charge is 0.264 e. The lowest BCUT2D eigenvalue weighted by atomic mass is 10.1. The number of likely N-dealkylation sites (N-methyl/N-ethyl adjacent to an activating group) is 1. The highest BCUT2D eigenvalue weighted by atomic mass is 16.5. The predicted octanol–water partition coefficient (Wildman–Crippen LogP) is 2.84. The third kappa shape index (κ3) is 2.57. The van der Waals surface area contributed by atoms with E-state index in [1.54, 1.807) is 37.5 Å². The van der Waals surface area contributed by atoms with Gasteiger partial charge in [-0.1, -0.05) is 24.3 Å². The monoisotopic (exact) mass is 333 g/mol. The van der Waals surface area contributed by atoms with Gasteiger partial charge in [-0.2, -0.15) is 0 Å². The lowest BCUT2D eigenvalue weighted by molar-refractivity contribution is -0.121. The molecule has 2 amide bonds. The molecule has 25 heavy (non-hydrogen) atoms. The molecular weight excluding hydrogens is 318 g/mol. The third-order valence-corrected chi connectivity index (χ3v) is 4.20. The summed E-state index contributed by atoms with van der Waals surface area (Å²) < 4.78 is 5.52. The van der Waals surface area contributed by atoms with Crippen molar-refractivity contribution in [2.75, 3.05) is 23.9 Å². The Labute approximate surface area is 144 Å². The molecule has 0 atom stereocenters. The van der Waals surface area contributed by atoms with Crippen molar-refractivity contribution in [2.24, 2.45) is 0 Å². The van der Waals surface area contributed by atoms with E-state index >= 15 is 0 Å². The second-order valence-electron chi connectivity index (χ2n) is 5.73. The fourth-order valence-corrected chi connectivity index (χ4v) is 2.88. The number of anilines is 2. The van der Waals surface area contributed by atoms with Gasteiger partial charge in [0.2, 0.25) is 0 Å². The first-order chi connectivity index (χ1) is 12.1. The molecular formula is C19H15N3O3. The van der Waals surface area contributed by atoms with Gasteiger partial charge in [-0.05, 0) is 24.3 Å². The van der Waals surface area contributed by atoms with E-state index in [1.807, 2.05) is 24.3 Å². The molecule has 1 aliphatic heterocycles. The summed E-state index contributed by atoms with van der Waals surface area (Å²) >= 11 is 0. The van der Waals surface area contributed by atoms with Gasteiger partial charge in [0.05, 0.1) is 22.5 Å². The Balaban J connectivity index is 1.72. The van der Waals surface area contributed by atoms with Gasteiger partial charge in [0.1, 0.15) is 0 Å². The summed E-state index contributed by atoms with van der Waals surface area (Å²) in [6, 6.07) is 14.6. The van der Waals surface area contributed by atoms with Crippen molar-refractivity contribution in [1.29, 1.82) is 0 Å². The number of hydrogen-bond donors (Lipinski definition) is 1. The standard InChI is InChI=1S/C19H15N3O3/c1-22-15-9-3-7-13(18(15)25-11-16(22)23)19(24)21-14-8-2-5-12-6-4-10-20-17(12)14/h2-10H,11H2,1H3,(H,21,24). The van der Waals surface area contributed by atoms with Crippen molar-refractivity contribution in [3.8, 4) is 5.75 Å². The van der Waals surface area contributed by atoms with Crippen molar-refractivity contribution in [1.82, 2.24) is 4.98 Å². The van der Waals surface area contributed by atoms with E-state index in [0.29, 0.717) is 22.7 Å². The molecule has 0 saturated carbocycles. The highest BCUT2D eigenvalue weighted by Gasteiger charge is 2.26. The molecule has 0 unspecified atom stereocenters. The predicted molar refractivity (Wildman–Crippen MR) is 95.0 cm³/mol. The van der Waals surface area contributed by atoms with Crippen LogP contribution in [0.4, 0.5) is 11.4 Å². The normalized spacial score (nSPS) is 13.3. The van der Waals surface area contributed by atoms with Gasteiger partial charge >= 0.3 is 0 Å². The molecule has 0 aliphatic carbocycles. The molecule has 0 fully saturated rings. The molecule has 2 heterocycles. The Morgan fingerprint density at radius 3 is 2.84 bits per heavy atom. The topological polar surface area (TPSA) is 71.5 Å². The highest BCUT2D eigenvalue weighted by molar-refractivity contribution is 6.11. The Morgan fingerprint density at radius 2 is 1.96 bits per heavy atom. The number of nitrogens with zero attached hydrogens (tertiary/aromatic N) is 2. The van der Waals surface area contributed by atoms with Crippen LogP contribution in [0.25, 0.3) is 10.9 Å². The third-order valence-electron chi connectivity index (χ3n) is 4.20. The van der Waals surface area contributed by atoms with E-state index in [9.17, 15) is 9.59 Å². The summed E-state index contributed by atoms with van der Waals surface area (Å²) in [6.45, 7) is -0.0797. The minimum absolute atomic E-state index is 0.0797. The molecule has 0 spiro atoms. The number of rotatable bonds is 2. The summed E-state index contributed by atoms with van der Waals surface area (Å²) in [7, 11) is 1.67. The van der Waals surface area contributed by atoms with Crippen LogP contribution in [0.1, 0.15) is 10.4 Å². The molecule has 0 saturated heterocycles. The van der Waals surface area contributed by atoms with Crippen molar-refractivity contribution in [3.63, 3.8) is 0 Å². The summed E-state index contributed by atoms with van der Waals surface area (Å²) in [6.07, 6.45) is 1.69. The van der Waals surface area contributed by atoms with E-state index in [1.165, 1.54) is 4.90 Å². The first kappa shape index (κ1) is 15.1. The van der Waals surface area contributed by atoms with Crippen molar-refractivity contribution in [2.45, 2.75) is 0 Å². The summed E-state index contributed by atoms with van der Waals surface area (Å²) in [5, 5.41) is 3.83.